The van der Waals surface area contributed by atoms with Crippen molar-refractivity contribution in [2.24, 2.45) is 0 Å². The van der Waals surface area contributed by atoms with E-state index in [4.69, 9.17) is 0 Å². The SMILES string of the molecule is CC(C)NC(=O)c1cc(I)ccc1F. The largest absolute Gasteiger partial charge is 0.350 e. The molecule has 4 heteroatoms. The van der Waals surface area contributed by atoms with E-state index in [0.717, 1.165) is 3.57 Å². The monoisotopic (exact) mass is 307 g/mol. The van der Waals surface area contributed by atoms with Crippen molar-refractivity contribution >= 4 is 28.5 Å². The zero-order valence-electron chi connectivity index (χ0n) is 7.97. The van der Waals surface area contributed by atoms with E-state index in [1.54, 1.807) is 6.07 Å². The molecule has 0 aliphatic carbocycles. The van der Waals surface area contributed by atoms with Gasteiger partial charge in [-0.1, -0.05) is 0 Å². The van der Waals surface area contributed by atoms with E-state index in [2.05, 4.69) is 5.32 Å². The van der Waals surface area contributed by atoms with Crippen LogP contribution in [0.3, 0.4) is 0 Å². The number of benzene rings is 1. The molecule has 1 amide bonds. The molecule has 0 bridgehead atoms. The Morgan fingerprint density at radius 3 is 2.71 bits per heavy atom. The molecule has 0 fully saturated rings. The minimum absolute atomic E-state index is 0.0137. The van der Waals surface area contributed by atoms with Gasteiger partial charge in [0.1, 0.15) is 5.82 Å². The van der Waals surface area contributed by atoms with E-state index >= 15 is 0 Å². The lowest BCUT2D eigenvalue weighted by molar-refractivity contribution is 0.0939. The molecule has 0 unspecified atom stereocenters. The number of hydrogen-bond acceptors (Lipinski definition) is 1. The molecule has 0 radical (unpaired) electrons. The maximum Gasteiger partial charge on any atom is 0.254 e. The molecule has 1 aromatic carbocycles. The summed E-state index contributed by atoms with van der Waals surface area (Å²) in [4.78, 5) is 11.5. The minimum atomic E-state index is -0.483. The van der Waals surface area contributed by atoms with Crippen molar-refractivity contribution in [2.45, 2.75) is 19.9 Å². The van der Waals surface area contributed by atoms with Crippen molar-refractivity contribution in [1.29, 1.82) is 0 Å². The van der Waals surface area contributed by atoms with Crippen LogP contribution in [0.15, 0.2) is 18.2 Å². The van der Waals surface area contributed by atoms with Crippen LogP contribution in [0, 0.1) is 9.39 Å². The minimum Gasteiger partial charge on any atom is -0.350 e. The first kappa shape index (κ1) is 11.4. The molecule has 0 heterocycles. The second-order valence-electron chi connectivity index (χ2n) is 3.25. The van der Waals surface area contributed by atoms with Crippen LogP contribution >= 0.6 is 22.6 Å². The van der Waals surface area contributed by atoms with E-state index < -0.39 is 5.82 Å². The predicted molar refractivity (Wildman–Crippen MR) is 61.7 cm³/mol. The number of hydrogen-bond donors (Lipinski definition) is 1. The van der Waals surface area contributed by atoms with E-state index in [-0.39, 0.29) is 17.5 Å². The number of amides is 1. The molecule has 1 N–H and O–H groups in total. The molecular formula is C10H11FINO. The average Bonchev–Trinajstić information content (AvgIpc) is 2.08. The molecule has 76 valence electrons. The molecule has 0 spiro atoms. The molecule has 0 saturated heterocycles. The lowest BCUT2D eigenvalue weighted by atomic mass is 10.2. The third kappa shape index (κ3) is 2.94. The Labute approximate surface area is 96.0 Å². The summed E-state index contributed by atoms with van der Waals surface area (Å²) >= 11 is 2.04. The van der Waals surface area contributed by atoms with Crippen LogP contribution in [-0.2, 0) is 0 Å². The van der Waals surface area contributed by atoms with E-state index in [0.29, 0.717) is 0 Å². The van der Waals surface area contributed by atoms with Crippen LogP contribution in [0.1, 0.15) is 24.2 Å². The molecule has 0 atom stereocenters. The topological polar surface area (TPSA) is 29.1 Å². The molecule has 0 aliphatic rings. The highest BCUT2D eigenvalue weighted by Crippen LogP contribution is 2.12. The highest BCUT2D eigenvalue weighted by molar-refractivity contribution is 14.1. The number of nitrogens with one attached hydrogen (secondary N) is 1. The summed E-state index contributed by atoms with van der Waals surface area (Å²) in [5.41, 5.74) is 0.102. The van der Waals surface area contributed by atoms with E-state index in [9.17, 15) is 9.18 Å². The van der Waals surface area contributed by atoms with E-state index in [1.165, 1.54) is 12.1 Å². The number of carbonyl (C=O) groups excluding carboxylic acids is 1. The van der Waals surface area contributed by atoms with Gasteiger partial charge in [-0.15, -0.1) is 0 Å². The van der Waals surface area contributed by atoms with Crippen molar-refractivity contribution in [3.63, 3.8) is 0 Å². The maximum atomic E-state index is 13.2. The van der Waals surface area contributed by atoms with Gasteiger partial charge in [-0.05, 0) is 54.6 Å². The zero-order chi connectivity index (χ0) is 10.7. The summed E-state index contributed by atoms with van der Waals surface area (Å²) in [6, 6.07) is 4.48. The van der Waals surface area contributed by atoms with Crippen molar-refractivity contribution in [3.05, 3.63) is 33.1 Å². The van der Waals surface area contributed by atoms with Gasteiger partial charge in [0.15, 0.2) is 0 Å². The Bertz CT molecular complexity index is 352. The standard InChI is InChI=1S/C10H11FINO/c1-6(2)13-10(14)8-5-7(12)3-4-9(8)11/h3-6H,1-2H3,(H,13,14). The van der Waals surface area contributed by atoms with Gasteiger partial charge in [0.2, 0.25) is 0 Å². The Balaban J connectivity index is 2.94. The van der Waals surface area contributed by atoms with Crippen LogP contribution in [0.4, 0.5) is 4.39 Å². The van der Waals surface area contributed by atoms with Crippen LogP contribution in [0.5, 0.6) is 0 Å². The number of rotatable bonds is 2. The van der Waals surface area contributed by atoms with Crippen LogP contribution in [0.25, 0.3) is 0 Å². The highest BCUT2D eigenvalue weighted by atomic mass is 127. The number of carbonyl (C=O) groups is 1. The second kappa shape index (κ2) is 4.72. The quantitative estimate of drug-likeness (QED) is 0.836. The predicted octanol–water partition coefficient (Wildman–Crippen LogP) is 2.57. The van der Waals surface area contributed by atoms with Gasteiger partial charge in [-0.25, -0.2) is 4.39 Å². The Kier molecular flexibility index (Phi) is 3.86. The van der Waals surface area contributed by atoms with Gasteiger partial charge in [-0.3, -0.25) is 4.79 Å². The van der Waals surface area contributed by atoms with Gasteiger partial charge < -0.3 is 5.32 Å². The molecule has 2 nitrogen and oxygen atoms in total. The van der Waals surface area contributed by atoms with Gasteiger partial charge in [-0.2, -0.15) is 0 Å². The van der Waals surface area contributed by atoms with Crippen molar-refractivity contribution in [1.82, 2.24) is 5.32 Å². The van der Waals surface area contributed by atoms with Gasteiger partial charge in [0, 0.05) is 9.61 Å². The van der Waals surface area contributed by atoms with Gasteiger partial charge >= 0.3 is 0 Å². The molecule has 1 aromatic rings. The lowest BCUT2D eigenvalue weighted by Crippen LogP contribution is -2.30. The zero-order valence-corrected chi connectivity index (χ0v) is 10.1. The fourth-order valence-electron chi connectivity index (χ4n) is 1.01. The van der Waals surface area contributed by atoms with Crippen LogP contribution < -0.4 is 5.32 Å². The van der Waals surface area contributed by atoms with Crippen LogP contribution in [0.2, 0.25) is 0 Å². The smallest absolute Gasteiger partial charge is 0.254 e. The van der Waals surface area contributed by atoms with Crippen molar-refractivity contribution in [2.75, 3.05) is 0 Å². The fraction of sp³-hybridized carbons (Fsp3) is 0.300. The first-order valence-corrected chi connectivity index (χ1v) is 5.34. The molecule has 1 rings (SSSR count). The lowest BCUT2D eigenvalue weighted by Gasteiger charge is -2.08. The summed E-state index contributed by atoms with van der Waals surface area (Å²) in [5, 5.41) is 2.64. The molecule has 0 saturated carbocycles. The Morgan fingerprint density at radius 1 is 1.50 bits per heavy atom. The van der Waals surface area contributed by atoms with Gasteiger partial charge in [0.25, 0.3) is 5.91 Å². The summed E-state index contributed by atoms with van der Waals surface area (Å²) in [7, 11) is 0. The fourth-order valence-corrected chi connectivity index (χ4v) is 1.50. The normalized spacial score (nSPS) is 10.4. The van der Waals surface area contributed by atoms with Crippen molar-refractivity contribution < 1.29 is 9.18 Å². The first-order chi connectivity index (χ1) is 6.50. The third-order valence-electron chi connectivity index (χ3n) is 1.59. The summed E-state index contributed by atoms with van der Waals surface area (Å²) in [5.74, 6) is -0.848. The van der Waals surface area contributed by atoms with Crippen LogP contribution in [-0.4, -0.2) is 11.9 Å². The summed E-state index contributed by atoms with van der Waals surface area (Å²) < 4.78 is 14.1. The van der Waals surface area contributed by atoms with Gasteiger partial charge in [0.05, 0.1) is 5.56 Å². The van der Waals surface area contributed by atoms with E-state index in [1.807, 2.05) is 36.4 Å². The third-order valence-corrected chi connectivity index (χ3v) is 2.26. The number of halogens is 2. The Hall–Kier alpha value is -0.650. The highest BCUT2D eigenvalue weighted by Gasteiger charge is 2.12. The second-order valence-corrected chi connectivity index (χ2v) is 4.50. The molecule has 0 aliphatic heterocycles. The first-order valence-electron chi connectivity index (χ1n) is 4.26. The summed E-state index contributed by atoms with van der Waals surface area (Å²) in [6.45, 7) is 3.67. The Morgan fingerprint density at radius 2 is 2.14 bits per heavy atom. The summed E-state index contributed by atoms with van der Waals surface area (Å²) in [6.07, 6.45) is 0. The molecular weight excluding hydrogens is 296 g/mol. The van der Waals surface area contributed by atoms with Crippen molar-refractivity contribution in [3.8, 4) is 0 Å². The molecule has 14 heavy (non-hydrogen) atoms. The average molecular weight is 307 g/mol. The molecule has 0 aromatic heterocycles. The maximum absolute atomic E-state index is 13.2.